The van der Waals surface area contributed by atoms with Crippen LogP contribution >= 0.6 is 0 Å². The Hall–Kier alpha value is -2.67. The molecule has 1 amide bonds. The van der Waals surface area contributed by atoms with Crippen LogP contribution in [-0.2, 0) is 11.2 Å². The van der Waals surface area contributed by atoms with E-state index in [0.717, 1.165) is 12.1 Å². The van der Waals surface area contributed by atoms with Crippen LogP contribution in [0.4, 0.5) is 0 Å². The predicted molar refractivity (Wildman–Crippen MR) is 96.1 cm³/mol. The minimum absolute atomic E-state index is 0.00614. The minimum atomic E-state index is -0.234. The number of pyridine rings is 1. The molecule has 2 aromatic rings. The summed E-state index contributed by atoms with van der Waals surface area (Å²) in [6, 6.07) is 3.74. The molecular formula is C20H22N2O5. The number of ether oxygens (including phenoxy) is 2. The van der Waals surface area contributed by atoms with E-state index < -0.39 is 0 Å². The van der Waals surface area contributed by atoms with Crippen molar-refractivity contribution >= 4 is 11.7 Å². The molecule has 142 valence electrons. The molecule has 1 unspecified atom stereocenters. The fraction of sp³-hybridized carbons (Fsp3) is 0.450. The van der Waals surface area contributed by atoms with Gasteiger partial charge in [-0.3, -0.25) is 14.6 Å². The number of hydrogen-bond acceptors (Lipinski definition) is 6. The predicted octanol–water partition coefficient (Wildman–Crippen LogP) is 2.42. The van der Waals surface area contributed by atoms with Gasteiger partial charge < -0.3 is 18.8 Å². The first-order valence-electron chi connectivity index (χ1n) is 9.21. The van der Waals surface area contributed by atoms with Gasteiger partial charge in [0.05, 0.1) is 30.5 Å². The molecule has 0 bridgehead atoms. The smallest absolute Gasteiger partial charge is 0.258 e. The van der Waals surface area contributed by atoms with Gasteiger partial charge in [0.25, 0.3) is 5.91 Å². The molecule has 7 heteroatoms. The van der Waals surface area contributed by atoms with E-state index in [-0.39, 0.29) is 17.8 Å². The number of fused-ring (bicyclic) bond motifs is 1. The van der Waals surface area contributed by atoms with Crippen LogP contribution in [0.25, 0.3) is 0 Å². The lowest BCUT2D eigenvalue weighted by Crippen LogP contribution is -2.47. The number of rotatable bonds is 4. The molecule has 0 N–H and O–H groups in total. The zero-order valence-electron chi connectivity index (χ0n) is 15.3. The van der Waals surface area contributed by atoms with Crippen molar-refractivity contribution in [3.8, 4) is 5.75 Å². The second kappa shape index (κ2) is 7.52. The Morgan fingerprint density at radius 2 is 2.26 bits per heavy atom. The van der Waals surface area contributed by atoms with Gasteiger partial charge in [-0.25, -0.2) is 0 Å². The molecular weight excluding hydrogens is 348 g/mol. The van der Waals surface area contributed by atoms with Gasteiger partial charge in [0, 0.05) is 25.1 Å². The molecule has 4 rings (SSSR count). The van der Waals surface area contributed by atoms with Gasteiger partial charge in [-0.15, -0.1) is 0 Å². The number of carbonyl (C=O) groups is 2. The lowest BCUT2D eigenvalue weighted by atomic mass is 9.93. The van der Waals surface area contributed by atoms with Crippen molar-refractivity contribution in [1.82, 2.24) is 9.88 Å². The highest BCUT2D eigenvalue weighted by atomic mass is 16.5. The van der Waals surface area contributed by atoms with Crippen LogP contribution in [0, 0.1) is 6.92 Å². The first kappa shape index (κ1) is 17.7. The lowest BCUT2D eigenvalue weighted by molar-refractivity contribution is -0.0402. The Morgan fingerprint density at radius 1 is 1.37 bits per heavy atom. The topological polar surface area (TPSA) is 81.9 Å². The molecule has 0 aromatic carbocycles. The molecule has 3 heterocycles. The van der Waals surface area contributed by atoms with Crippen LogP contribution in [0.3, 0.4) is 0 Å². The quantitative estimate of drug-likeness (QED) is 0.822. The number of hydrogen-bond donors (Lipinski definition) is 0. The zero-order chi connectivity index (χ0) is 18.8. The summed E-state index contributed by atoms with van der Waals surface area (Å²) < 4.78 is 16.9. The Bertz CT molecular complexity index is 843. The van der Waals surface area contributed by atoms with Crippen LogP contribution in [0.1, 0.15) is 45.0 Å². The monoisotopic (exact) mass is 370 g/mol. The number of ketones is 1. The van der Waals surface area contributed by atoms with Gasteiger partial charge in [-0.05, 0) is 25.5 Å². The summed E-state index contributed by atoms with van der Waals surface area (Å²) in [7, 11) is 0. The molecule has 1 aliphatic heterocycles. The number of aromatic nitrogens is 1. The summed E-state index contributed by atoms with van der Waals surface area (Å²) in [4.78, 5) is 31.1. The highest BCUT2D eigenvalue weighted by Gasteiger charge is 2.32. The van der Waals surface area contributed by atoms with Crippen molar-refractivity contribution in [2.75, 3.05) is 26.3 Å². The number of Topliss-reactive ketones (excluding diaryl/α,β-unsaturated/α-hetero) is 1. The van der Waals surface area contributed by atoms with Gasteiger partial charge in [-0.2, -0.15) is 0 Å². The molecule has 2 aromatic heterocycles. The summed E-state index contributed by atoms with van der Waals surface area (Å²) >= 11 is 0. The third kappa shape index (κ3) is 3.73. The van der Waals surface area contributed by atoms with Gasteiger partial charge in [0.2, 0.25) is 0 Å². The van der Waals surface area contributed by atoms with E-state index in [4.69, 9.17) is 13.9 Å². The second-order valence-electron chi connectivity index (χ2n) is 6.91. The van der Waals surface area contributed by atoms with Crippen molar-refractivity contribution in [3.05, 3.63) is 47.2 Å². The molecule has 1 fully saturated rings. The average molecular weight is 370 g/mol. The summed E-state index contributed by atoms with van der Waals surface area (Å²) in [5, 5.41) is 0. The second-order valence-corrected chi connectivity index (χ2v) is 6.91. The third-order valence-electron chi connectivity index (χ3n) is 4.93. The summed E-state index contributed by atoms with van der Waals surface area (Å²) in [6.45, 7) is 3.57. The Kier molecular flexibility index (Phi) is 4.94. The van der Waals surface area contributed by atoms with Crippen molar-refractivity contribution in [1.29, 1.82) is 0 Å². The maximum absolute atomic E-state index is 12.9. The van der Waals surface area contributed by atoms with Crippen molar-refractivity contribution in [3.63, 3.8) is 0 Å². The maximum Gasteiger partial charge on any atom is 0.258 e. The summed E-state index contributed by atoms with van der Waals surface area (Å²) in [6.07, 6.45) is 4.81. The van der Waals surface area contributed by atoms with Gasteiger partial charge in [0.15, 0.2) is 5.78 Å². The number of aryl methyl sites for hydroxylation is 2. The molecule has 7 nitrogen and oxygen atoms in total. The van der Waals surface area contributed by atoms with Crippen molar-refractivity contribution < 1.29 is 23.5 Å². The molecule has 27 heavy (non-hydrogen) atoms. The number of furan rings is 1. The van der Waals surface area contributed by atoms with E-state index in [1.165, 1.54) is 6.26 Å². The first-order valence-corrected chi connectivity index (χ1v) is 9.21. The van der Waals surface area contributed by atoms with E-state index in [1.54, 1.807) is 11.1 Å². The van der Waals surface area contributed by atoms with Crippen LogP contribution in [0.5, 0.6) is 5.75 Å². The fourth-order valence-corrected chi connectivity index (χ4v) is 3.48. The van der Waals surface area contributed by atoms with Crippen LogP contribution < -0.4 is 4.74 Å². The molecule has 1 atom stereocenters. The van der Waals surface area contributed by atoms with Crippen molar-refractivity contribution in [2.24, 2.45) is 0 Å². The number of carbonyl (C=O) groups excluding carboxylic acids is 2. The third-order valence-corrected chi connectivity index (χ3v) is 4.93. The van der Waals surface area contributed by atoms with Gasteiger partial charge in [-0.1, -0.05) is 0 Å². The number of morpholine rings is 1. The Morgan fingerprint density at radius 3 is 3.07 bits per heavy atom. The molecule has 1 aliphatic carbocycles. The van der Waals surface area contributed by atoms with E-state index in [1.807, 2.05) is 19.1 Å². The number of amides is 1. The minimum Gasteiger partial charge on any atom is -0.489 e. The standard InChI is InChI=1S/C20H22N2O5/c1-13-5-6-14(9-21-13)26-11-15-10-22(7-8-25-15)20(24)16-12-27-18-4-2-3-17(23)19(16)18/h5-6,9,12,15H,2-4,7-8,10-11H2,1H3. The Labute approximate surface area is 157 Å². The van der Waals surface area contributed by atoms with E-state index in [0.29, 0.717) is 61.8 Å². The van der Waals surface area contributed by atoms with E-state index >= 15 is 0 Å². The average Bonchev–Trinajstić information content (AvgIpc) is 3.13. The molecule has 1 saturated heterocycles. The first-order chi connectivity index (χ1) is 13.1. The highest BCUT2D eigenvalue weighted by Crippen LogP contribution is 2.27. The summed E-state index contributed by atoms with van der Waals surface area (Å²) in [5.74, 6) is 1.12. The van der Waals surface area contributed by atoms with E-state index in [9.17, 15) is 9.59 Å². The van der Waals surface area contributed by atoms with Crippen LogP contribution in [-0.4, -0.2) is 54.0 Å². The van der Waals surface area contributed by atoms with Gasteiger partial charge >= 0.3 is 0 Å². The number of nitrogens with zero attached hydrogens (tertiary/aromatic N) is 2. The normalized spacial score (nSPS) is 19.7. The van der Waals surface area contributed by atoms with Crippen LogP contribution in [0.15, 0.2) is 29.0 Å². The van der Waals surface area contributed by atoms with E-state index in [2.05, 4.69) is 4.98 Å². The molecule has 0 radical (unpaired) electrons. The van der Waals surface area contributed by atoms with Crippen LogP contribution in [0.2, 0.25) is 0 Å². The molecule has 2 aliphatic rings. The Balaban J connectivity index is 1.41. The fourth-order valence-electron chi connectivity index (χ4n) is 3.48. The molecule has 0 spiro atoms. The molecule has 0 saturated carbocycles. The zero-order valence-corrected chi connectivity index (χ0v) is 15.3. The highest BCUT2D eigenvalue weighted by molar-refractivity contribution is 6.09. The van der Waals surface area contributed by atoms with Gasteiger partial charge in [0.1, 0.15) is 30.5 Å². The van der Waals surface area contributed by atoms with Crippen molar-refractivity contribution in [2.45, 2.75) is 32.3 Å². The largest absolute Gasteiger partial charge is 0.489 e. The summed E-state index contributed by atoms with van der Waals surface area (Å²) in [5.41, 5.74) is 1.77. The maximum atomic E-state index is 12.9. The SMILES string of the molecule is Cc1ccc(OCC2CN(C(=O)c3coc4c3C(=O)CCC4)CCO2)cn1. The lowest BCUT2D eigenvalue weighted by Gasteiger charge is -2.32.